The van der Waals surface area contributed by atoms with Gasteiger partial charge in [0.2, 0.25) is 0 Å². The molecule has 0 spiro atoms. The first-order valence-corrected chi connectivity index (χ1v) is 8.82. The minimum atomic E-state index is -0.532. The highest BCUT2D eigenvalue weighted by molar-refractivity contribution is 5.87. The molecule has 0 N–H and O–H groups in total. The molecule has 29 heavy (non-hydrogen) atoms. The molecule has 7 heteroatoms. The number of benzene rings is 2. The fraction of sp³-hybridized carbons (Fsp3) is 0.0909. The number of aromatic nitrogens is 3. The molecule has 3 aromatic rings. The smallest absolute Gasteiger partial charge is 0.334 e. The molecule has 0 aliphatic carbocycles. The van der Waals surface area contributed by atoms with Crippen molar-refractivity contribution in [1.82, 2.24) is 15.2 Å². The number of esters is 1. The lowest BCUT2D eigenvalue weighted by molar-refractivity contribution is -0.135. The van der Waals surface area contributed by atoms with Crippen molar-refractivity contribution in [1.29, 1.82) is 0 Å². The molecule has 1 aliphatic rings. The maximum atomic E-state index is 11.7. The number of rotatable bonds is 4. The van der Waals surface area contributed by atoms with Crippen molar-refractivity contribution in [2.24, 2.45) is 0 Å². The van der Waals surface area contributed by atoms with Gasteiger partial charge in [-0.3, -0.25) is 0 Å². The van der Waals surface area contributed by atoms with Crippen LogP contribution in [0.3, 0.4) is 0 Å². The third-order valence-corrected chi connectivity index (χ3v) is 4.31. The molecule has 144 valence electrons. The zero-order chi connectivity index (χ0) is 20.2. The van der Waals surface area contributed by atoms with Crippen LogP contribution in [0.4, 0.5) is 0 Å². The van der Waals surface area contributed by atoms with Crippen LogP contribution in [0.5, 0.6) is 11.6 Å². The van der Waals surface area contributed by atoms with E-state index in [1.165, 1.54) is 13.2 Å². The monoisotopic (exact) mass is 387 g/mol. The largest absolute Gasteiger partial charge is 0.497 e. The number of carbonyl (C=O) groups excluding carboxylic acids is 1. The summed E-state index contributed by atoms with van der Waals surface area (Å²) in [6, 6.07) is 17.1. The van der Waals surface area contributed by atoms with Crippen LogP contribution in [0.25, 0.3) is 17.0 Å². The van der Waals surface area contributed by atoms with Gasteiger partial charge in [-0.05, 0) is 23.8 Å². The first-order chi connectivity index (χ1) is 14.2. The van der Waals surface area contributed by atoms with Crippen LogP contribution >= 0.6 is 0 Å². The van der Waals surface area contributed by atoms with Gasteiger partial charge in [0, 0.05) is 11.1 Å². The number of nitrogens with zero attached hydrogens (tertiary/aromatic N) is 3. The number of carbonyl (C=O) groups is 1. The minimum absolute atomic E-state index is 0.216. The fourth-order valence-corrected chi connectivity index (χ4v) is 2.86. The second kappa shape index (κ2) is 7.93. The summed E-state index contributed by atoms with van der Waals surface area (Å²) in [5.74, 6) is 1.19. The van der Waals surface area contributed by atoms with Gasteiger partial charge < -0.3 is 14.2 Å². The van der Waals surface area contributed by atoms with E-state index >= 15 is 0 Å². The Bertz CT molecular complexity index is 1110. The average molecular weight is 387 g/mol. The zero-order valence-electron chi connectivity index (χ0n) is 15.8. The van der Waals surface area contributed by atoms with E-state index in [0.29, 0.717) is 17.3 Å². The highest BCUT2D eigenvalue weighted by Gasteiger charge is 2.24. The van der Waals surface area contributed by atoms with Crippen molar-refractivity contribution in [3.63, 3.8) is 0 Å². The Morgan fingerprint density at radius 2 is 1.72 bits per heavy atom. The van der Waals surface area contributed by atoms with Gasteiger partial charge in [-0.1, -0.05) is 42.5 Å². The Morgan fingerprint density at radius 3 is 2.41 bits per heavy atom. The molecule has 1 aromatic heterocycles. The van der Waals surface area contributed by atoms with Crippen molar-refractivity contribution in [2.45, 2.75) is 0 Å². The van der Waals surface area contributed by atoms with Gasteiger partial charge in [-0.15, -0.1) is 10.2 Å². The Kier molecular flexibility index (Phi) is 5.03. The summed E-state index contributed by atoms with van der Waals surface area (Å²) in [7, 11) is 2.91. The van der Waals surface area contributed by atoms with Gasteiger partial charge in [0.25, 0.3) is 5.88 Å². The number of ether oxygens (including phenoxy) is 3. The third kappa shape index (κ3) is 3.84. The van der Waals surface area contributed by atoms with Crippen LogP contribution in [0.2, 0.25) is 0 Å². The van der Waals surface area contributed by atoms with Crippen LogP contribution in [0.15, 0.2) is 72.5 Å². The van der Waals surface area contributed by atoms with Crippen LogP contribution < -0.4 is 9.47 Å². The molecule has 0 bridgehead atoms. The summed E-state index contributed by atoms with van der Waals surface area (Å²) >= 11 is 0. The van der Waals surface area contributed by atoms with Crippen molar-refractivity contribution in [2.75, 3.05) is 14.2 Å². The summed E-state index contributed by atoms with van der Waals surface area (Å²) < 4.78 is 15.6. The number of fused-ring (bicyclic) bond motifs is 1. The van der Waals surface area contributed by atoms with E-state index < -0.39 is 5.97 Å². The predicted molar refractivity (Wildman–Crippen MR) is 106 cm³/mol. The van der Waals surface area contributed by atoms with Crippen LogP contribution in [0, 0.1) is 0 Å². The maximum Gasteiger partial charge on any atom is 0.334 e. The molecule has 4 rings (SSSR count). The lowest BCUT2D eigenvalue weighted by atomic mass is 10.00. The number of allylic oxidation sites excluding steroid dienone is 1. The zero-order valence-corrected chi connectivity index (χ0v) is 15.8. The summed E-state index contributed by atoms with van der Waals surface area (Å²) in [4.78, 5) is 16.4. The van der Waals surface area contributed by atoms with Crippen molar-refractivity contribution >= 4 is 11.5 Å². The normalized spacial score (nSPS) is 13.9. The molecular formula is C22H17N3O4. The summed E-state index contributed by atoms with van der Waals surface area (Å²) in [6.45, 7) is 0. The molecule has 0 radical (unpaired) electrons. The second-order valence-corrected chi connectivity index (χ2v) is 6.11. The van der Waals surface area contributed by atoms with Crippen molar-refractivity contribution in [3.05, 3.63) is 83.8 Å². The van der Waals surface area contributed by atoms with Gasteiger partial charge in [-0.25, -0.2) is 9.78 Å². The fourth-order valence-electron chi connectivity index (χ4n) is 2.86. The van der Waals surface area contributed by atoms with Gasteiger partial charge in [0.15, 0.2) is 5.82 Å². The Morgan fingerprint density at radius 1 is 0.966 bits per heavy atom. The lowest BCUT2D eigenvalue weighted by Crippen LogP contribution is -2.12. The standard InChI is InChI=1S/C22H17N3O4/c1-27-16-10-8-14(9-11-16)18-12-17(13-19(26)28-2)29-22-20(18)23-21(24-25-22)15-6-4-3-5-7-15/h3-13H,1-2H3/b17-13+. The molecule has 0 atom stereocenters. The third-order valence-electron chi connectivity index (χ3n) is 4.31. The molecule has 0 saturated carbocycles. The van der Waals surface area contributed by atoms with Crippen molar-refractivity contribution < 1.29 is 19.0 Å². The number of hydrogen-bond acceptors (Lipinski definition) is 7. The SMILES string of the molecule is COC(=O)/C=C1\C=C(c2ccc(OC)cc2)c2nc(-c3ccccc3)nnc2O1. The minimum Gasteiger partial charge on any atom is -0.497 e. The quantitative estimate of drug-likeness (QED) is 0.501. The van der Waals surface area contributed by atoms with Crippen molar-refractivity contribution in [3.8, 4) is 23.0 Å². The van der Waals surface area contributed by atoms with Gasteiger partial charge in [-0.2, -0.15) is 0 Å². The topological polar surface area (TPSA) is 83.4 Å². The van der Waals surface area contributed by atoms with Gasteiger partial charge in [0.05, 0.1) is 20.3 Å². The Labute approximate surface area is 167 Å². The van der Waals surface area contributed by atoms with E-state index in [-0.39, 0.29) is 5.88 Å². The second-order valence-electron chi connectivity index (χ2n) is 6.11. The molecule has 0 unspecified atom stereocenters. The molecule has 2 aromatic carbocycles. The number of methoxy groups -OCH3 is 2. The molecule has 7 nitrogen and oxygen atoms in total. The van der Waals surface area contributed by atoms with E-state index in [2.05, 4.69) is 15.2 Å². The summed E-state index contributed by atoms with van der Waals surface area (Å²) in [5, 5.41) is 8.37. The molecule has 1 aliphatic heterocycles. The first-order valence-electron chi connectivity index (χ1n) is 8.82. The van der Waals surface area contributed by atoms with E-state index in [0.717, 1.165) is 22.4 Å². The van der Waals surface area contributed by atoms with E-state index in [1.54, 1.807) is 13.2 Å². The first kappa shape index (κ1) is 18.4. The van der Waals surface area contributed by atoms with E-state index in [1.807, 2.05) is 54.6 Å². The molecule has 0 fully saturated rings. The maximum absolute atomic E-state index is 11.7. The van der Waals surface area contributed by atoms with Gasteiger partial charge >= 0.3 is 5.97 Å². The summed E-state index contributed by atoms with van der Waals surface area (Å²) in [6.07, 6.45) is 2.98. The van der Waals surface area contributed by atoms with Crippen LogP contribution in [-0.4, -0.2) is 35.4 Å². The van der Waals surface area contributed by atoms with E-state index in [9.17, 15) is 4.79 Å². The predicted octanol–water partition coefficient (Wildman–Crippen LogP) is 3.43. The Hall–Kier alpha value is -4.00. The highest BCUT2D eigenvalue weighted by atomic mass is 16.5. The molecule has 0 amide bonds. The Balaban J connectivity index is 1.84. The molecule has 2 heterocycles. The van der Waals surface area contributed by atoms with Crippen LogP contribution in [-0.2, 0) is 9.53 Å². The number of hydrogen-bond donors (Lipinski definition) is 0. The summed E-state index contributed by atoms with van der Waals surface area (Å²) in [5.41, 5.74) is 2.99. The van der Waals surface area contributed by atoms with Gasteiger partial charge in [0.1, 0.15) is 17.2 Å². The lowest BCUT2D eigenvalue weighted by Gasteiger charge is -2.19. The van der Waals surface area contributed by atoms with E-state index in [4.69, 9.17) is 14.2 Å². The average Bonchev–Trinajstić information content (AvgIpc) is 2.79. The molecular weight excluding hydrogens is 370 g/mol. The van der Waals surface area contributed by atoms with Crippen LogP contribution in [0.1, 0.15) is 11.3 Å². The highest BCUT2D eigenvalue weighted by Crippen LogP contribution is 2.35. The molecule has 0 saturated heterocycles.